The second-order valence-corrected chi connectivity index (χ2v) is 8.87. The number of methoxy groups -OCH3 is 2. The molecule has 1 amide bonds. The van der Waals surface area contributed by atoms with Gasteiger partial charge in [0.05, 0.1) is 20.8 Å². The van der Waals surface area contributed by atoms with Gasteiger partial charge in [-0.05, 0) is 68.2 Å². The molecular formula is C29H32N6O5. The van der Waals surface area contributed by atoms with Crippen LogP contribution in [0.25, 0.3) is 0 Å². The predicted molar refractivity (Wildman–Crippen MR) is 152 cm³/mol. The molecule has 0 unspecified atom stereocenters. The average molecular weight is 545 g/mol. The fourth-order valence-corrected chi connectivity index (χ4v) is 3.59. The molecule has 208 valence electrons. The molecule has 0 saturated carbocycles. The van der Waals surface area contributed by atoms with Crippen molar-refractivity contribution in [1.29, 1.82) is 0 Å². The van der Waals surface area contributed by atoms with Gasteiger partial charge in [0.2, 0.25) is 5.95 Å². The highest BCUT2D eigenvalue weighted by Crippen LogP contribution is 2.32. The van der Waals surface area contributed by atoms with E-state index in [1.807, 2.05) is 44.4 Å². The largest absolute Gasteiger partial charge is 0.497 e. The molecule has 4 aromatic rings. The molecule has 0 spiro atoms. The molecule has 11 heteroatoms. The van der Waals surface area contributed by atoms with Gasteiger partial charge in [0.25, 0.3) is 0 Å². The second kappa shape index (κ2) is 13.8. The SMILES string of the molecule is COc1ccc(OC(=O)N(Cc2cccnc2)c2ccnc(Nc3ccc(OCCN(C)C)cc3)n2)c(OC)c1. The van der Waals surface area contributed by atoms with Crippen molar-refractivity contribution < 1.29 is 23.7 Å². The van der Waals surface area contributed by atoms with Gasteiger partial charge in [-0.3, -0.25) is 9.88 Å². The van der Waals surface area contributed by atoms with Gasteiger partial charge in [-0.25, -0.2) is 9.78 Å². The Labute approximate surface area is 233 Å². The molecule has 0 saturated heterocycles. The van der Waals surface area contributed by atoms with Crippen LogP contribution in [-0.2, 0) is 6.54 Å². The highest BCUT2D eigenvalue weighted by molar-refractivity contribution is 5.88. The van der Waals surface area contributed by atoms with E-state index in [-0.39, 0.29) is 12.3 Å². The van der Waals surface area contributed by atoms with Gasteiger partial charge < -0.3 is 29.2 Å². The summed E-state index contributed by atoms with van der Waals surface area (Å²) < 4.78 is 22.1. The molecule has 40 heavy (non-hydrogen) atoms. The third-order valence-electron chi connectivity index (χ3n) is 5.69. The van der Waals surface area contributed by atoms with E-state index < -0.39 is 6.09 Å². The first-order chi connectivity index (χ1) is 19.4. The third-order valence-corrected chi connectivity index (χ3v) is 5.69. The minimum Gasteiger partial charge on any atom is -0.497 e. The van der Waals surface area contributed by atoms with Gasteiger partial charge in [0, 0.05) is 36.9 Å². The van der Waals surface area contributed by atoms with Gasteiger partial charge in [0.15, 0.2) is 11.5 Å². The van der Waals surface area contributed by atoms with Gasteiger partial charge in [-0.2, -0.15) is 4.98 Å². The predicted octanol–water partition coefficient (Wildman–Crippen LogP) is 4.78. The summed E-state index contributed by atoms with van der Waals surface area (Å²) in [7, 11) is 7.03. The molecule has 0 aliphatic heterocycles. The van der Waals surface area contributed by atoms with Crippen LogP contribution in [0, 0.1) is 0 Å². The molecule has 0 radical (unpaired) electrons. The van der Waals surface area contributed by atoms with Crippen molar-refractivity contribution in [1.82, 2.24) is 19.9 Å². The monoisotopic (exact) mass is 544 g/mol. The second-order valence-electron chi connectivity index (χ2n) is 8.87. The van der Waals surface area contributed by atoms with Crippen LogP contribution in [0.2, 0.25) is 0 Å². The van der Waals surface area contributed by atoms with Crippen LogP contribution in [0.5, 0.6) is 23.0 Å². The van der Waals surface area contributed by atoms with Crippen molar-refractivity contribution in [2.45, 2.75) is 6.54 Å². The molecule has 0 aliphatic rings. The minimum absolute atomic E-state index is 0.167. The first-order valence-electron chi connectivity index (χ1n) is 12.5. The topological polar surface area (TPSA) is 111 Å². The molecule has 1 N–H and O–H groups in total. The summed E-state index contributed by atoms with van der Waals surface area (Å²) in [5, 5.41) is 3.17. The highest BCUT2D eigenvalue weighted by Gasteiger charge is 2.22. The van der Waals surface area contributed by atoms with E-state index in [4.69, 9.17) is 18.9 Å². The maximum absolute atomic E-state index is 13.5. The van der Waals surface area contributed by atoms with Crippen molar-refractivity contribution in [2.24, 2.45) is 0 Å². The lowest BCUT2D eigenvalue weighted by Crippen LogP contribution is -2.34. The maximum atomic E-state index is 13.5. The fourth-order valence-electron chi connectivity index (χ4n) is 3.59. The van der Waals surface area contributed by atoms with Crippen LogP contribution in [0.15, 0.2) is 79.3 Å². The number of nitrogens with one attached hydrogen (secondary N) is 1. The van der Waals surface area contributed by atoms with Gasteiger partial charge in [-0.1, -0.05) is 6.07 Å². The number of aromatic nitrogens is 3. The first-order valence-corrected chi connectivity index (χ1v) is 12.5. The molecule has 4 rings (SSSR count). The number of hydrogen-bond acceptors (Lipinski definition) is 10. The van der Waals surface area contributed by atoms with Crippen LogP contribution >= 0.6 is 0 Å². The van der Waals surface area contributed by atoms with E-state index >= 15 is 0 Å². The van der Waals surface area contributed by atoms with Crippen molar-refractivity contribution in [2.75, 3.05) is 51.7 Å². The zero-order valence-corrected chi connectivity index (χ0v) is 22.9. The molecule has 0 atom stereocenters. The third kappa shape index (κ3) is 7.81. The van der Waals surface area contributed by atoms with Crippen LogP contribution in [-0.4, -0.2) is 67.4 Å². The summed E-state index contributed by atoms with van der Waals surface area (Å²) in [4.78, 5) is 30.0. The smallest absolute Gasteiger partial charge is 0.421 e. The lowest BCUT2D eigenvalue weighted by Gasteiger charge is -2.22. The van der Waals surface area contributed by atoms with E-state index in [9.17, 15) is 4.79 Å². The molecule has 0 aliphatic carbocycles. The number of benzene rings is 2. The fraction of sp³-hybridized carbons (Fsp3) is 0.241. The van der Waals surface area contributed by atoms with Gasteiger partial charge >= 0.3 is 6.09 Å². The van der Waals surface area contributed by atoms with E-state index in [2.05, 4.69) is 25.2 Å². The Kier molecular flexibility index (Phi) is 9.67. The number of likely N-dealkylation sites (N-methyl/N-ethyl adjacent to an activating group) is 1. The number of amides is 1. The average Bonchev–Trinajstić information content (AvgIpc) is 2.97. The minimum atomic E-state index is -0.656. The Morgan fingerprint density at radius 2 is 1.73 bits per heavy atom. The maximum Gasteiger partial charge on any atom is 0.421 e. The molecule has 2 heterocycles. The Morgan fingerprint density at radius 3 is 2.42 bits per heavy atom. The van der Waals surface area contributed by atoms with E-state index in [0.717, 1.165) is 23.5 Å². The molecule has 0 bridgehead atoms. The number of anilines is 3. The quantitative estimate of drug-likeness (QED) is 0.267. The van der Waals surface area contributed by atoms with Crippen molar-refractivity contribution in [3.63, 3.8) is 0 Å². The lowest BCUT2D eigenvalue weighted by atomic mass is 10.2. The Bertz CT molecular complexity index is 1390. The van der Waals surface area contributed by atoms with Gasteiger partial charge in [0.1, 0.15) is 23.9 Å². The summed E-state index contributed by atoms with van der Waals surface area (Å²) in [5.41, 5.74) is 1.56. The highest BCUT2D eigenvalue weighted by atomic mass is 16.6. The number of ether oxygens (including phenoxy) is 4. The van der Waals surface area contributed by atoms with Crippen LogP contribution in [0.3, 0.4) is 0 Å². The summed E-state index contributed by atoms with van der Waals surface area (Å²) in [6.45, 7) is 1.58. The Morgan fingerprint density at radius 1 is 0.925 bits per heavy atom. The molecule has 2 aromatic carbocycles. The summed E-state index contributed by atoms with van der Waals surface area (Å²) in [5.74, 6) is 2.58. The summed E-state index contributed by atoms with van der Waals surface area (Å²) in [6.07, 6.45) is 4.26. The first kappa shape index (κ1) is 28.1. The normalized spacial score (nSPS) is 10.6. The Hall–Kier alpha value is -4.90. The van der Waals surface area contributed by atoms with Crippen LogP contribution in [0.4, 0.5) is 22.2 Å². The lowest BCUT2D eigenvalue weighted by molar-refractivity contribution is 0.204. The number of pyridine rings is 1. The Balaban J connectivity index is 1.54. The number of rotatable bonds is 12. The molecular weight excluding hydrogens is 512 g/mol. The zero-order valence-electron chi connectivity index (χ0n) is 22.9. The number of carbonyl (C=O) groups is 1. The number of carbonyl (C=O) groups excluding carboxylic acids is 1. The van der Waals surface area contributed by atoms with Gasteiger partial charge in [-0.15, -0.1) is 0 Å². The van der Waals surface area contributed by atoms with Crippen molar-refractivity contribution in [3.05, 3.63) is 84.8 Å². The zero-order chi connectivity index (χ0) is 28.3. The molecule has 2 aromatic heterocycles. The standard InChI is InChI=1S/C29H32N6O5/c1-34(2)16-17-39-23-9-7-22(8-10-23)32-28-31-15-13-27(33-28)35(20-21-6-5-14-30-19-21)29(36)40-25-12-11-24(37-3)18-26(25)38-4/h5-15,18-19H,16-17,20H2,1-4H3,(H,31,32,33). The van der Waals surface area contributed by atoms with E-state index in [1.165, 1.54) is 12.0 Å². The summed E-state index contributed by atoms with van der Waals surface area (Å²) >= 11 is 0. The van der Waals surface area contributed by atoms with Crippen molar-refractivity contribution >= 4 is 23.5 Å². The number of hydrogen-bond donors (Lipinski definition) is 1. The van der Waals surface area contributed by atoms with Crippen molar-refractivity contribution in [3.8, 4) is 23.0 Å². The number of nitrogens with zero attached hydrogens (tertiary/aromatic N) is 5. The van der Waals surface area contributed by atoms with Crippen LogP contribution < -0.4 is 29.2 Å². The summed E-state index contributed by atoms with van der Waals surface area (Å²) in [6, 6.07) is 17.7. The molecule has 0 fully saturated rings. The molecule has 11 nitrogen and oxygen atoms in total. The van der Waals surface area contributed by atoms with E-state index in [0.29, 0.717) is 29.9 Å². The van der Waals surface area contributed by atoms with Crippen LogP contribution in [0.1, 0.15) is 5.56 Å². The van der Waals surface area contributed by atoms with E-state index in [1.54, 1.807) is 56.0 Å².